The lowest BCUT2D eigenvalue weighted by molar-refractivity contribution is -0.128. The SMILES string of the molecule is CC(C)(C)N1CC=C(c2ccccc2)O1. The van der Waals surface area contributed by atoms with Crippen LogP contribution in [0.25, 0.3) is 5.76 Å². The first-order valence-electron chi connectivity index (χ1n) is 5.28. The van der Waals surface area contributed by atoms with Gasteiger partial charge in [-0.05, 0) is 26.8 Å². The minimum Gasteiger partial charge on any atom is -0.405 e. The van der Waals surface area contributed by atoms with Gasteiger partial charge in [-0.25, -0.2) is 0 Å². The minimum atomic E-state index is 0.0486. The second-order valence-electron chi connectivity index (χ2n) is 4.76. The molecule has 2 rings (SSSR count). The molecule has 0 fully saturated rings. The largest absolute Gasteiger partial charge is 0.405 e. The van der Waals surface area contributed by atoms with Gasteiger partial charge in [0.05, 0.1) is 6.54 Å². The Morgan fingerprint density at radius 1 is 1.13 bits per heavy atom. The molecule has 1 aliphatic rings. The highest BCUT2D eigenvalue weighted by atomic mass is 16.7. The van der Waals surface area contributed by atoms with Crippen molar-refractivity contribution in [1.82, 2.24) is 5.06 Å². The predicted molar refractivity (Wildman–Crippen MR) is 62.0 cm³/mol. The Hall–Kier alpha value is -1.28. The van der Waals surface area contributed by atoms with E-state index in [0.29, 0.717) is 0 Å². The molecule has 0 atom stereocenters. The highest BCUT2D eigenvalue weighted by molar-refractivity contribution is 5.60. The summed E-state index contributed by atoms with van der Waals surface area (Å²) in [6.45, 7) is 7.30. The molecule has 1 aromatic rings. The molecule has 0 amide bonds. The summed E-state index contributed by atoms with van der Waals surface area (Å²) in [5, 5.41) is 2.00. The van der Waals surface area contributed by atoms with Crippen LogP contribution in [0.5, 0.6) is 0 Å². The molecular weight excluding hydrogens is 186 g/mol. The number of hydroxylamine groups is 2. The van der Waals surface area contributed by atoms with Gasteiger partial charge in [0.2, 0.25) is 0 Å². The van der Waals surface area contributed by atoms with E-state index < -0.39 is 0 Å². The Labute approximate surface area is 91.1 Å². The van der Waals surface area contributed by atoms with E-state index in [4.69, 9.17) is 4.84 Å². The maximum absolute atomic E-state index is 5.81. The summed E-state index contributed by atoms with van der Waals surface area (Å²) < 4.78 is 0. The molecule has 0 aliphatic carbocycles. The smallest absolute Gasteiger partial charge is 0.152 e. The minimum absolute atomic E-state index is 0.0486. The molecule has 0 unspecified atom stereocenters. The van der Waals surface area contributed by atoms with Crippen molar-refractivity contribution in [1.29, 1.82) is 0 Å². The van der Waals surface area contributed by atoms with Crippen molar-refractivity contribution in [2.24, 2.45) is 0 Å². The summed E-state index contributed by atoms with van der Waals surface area (Å²) >= 11 is 0. The molecule has 1 aliphatic heterocycles. The van der Waals surface area contributed by atoms with Gasteiger partial charge >= 0.3 is 0 Å². The molecular formula is C13H17NO. The molecule has 0 N–H and O–H groups in total. The van der Waals surface area contributed by atoms with Crippen LogP contribution in [-0.2, 0) is 4.84 Å². The Bertz CT molecular complexity index is 362. The van der Waals surface area contributed by atoms with Crippen LogP contribution in [-0.4, -0.2) is 17.1 Å². The van der Waals surface area contributed by atoms with Crippen molar-refractivity contribution in [2.75, 3.05) is 6.54 Å². The second-order valence-corrected chi connectivity index (χ2v) is 4.76. The molecule has 0 saturated carbocycles. The molecule has 2 heteroatoms. The van der Waals surface area contributed by atoms with Crippen LogP contribution < -0.4 is 0 Å². The fourth-order valence-electron chi connectivity index (χ4n) is 1.54. The van der Waals surface area contributed by atoms with Crippen molar-refractivity contribution in [2.45, 2.75) is 26.3 Å². The summed E-state index contributed by atoms with van der Waals surface area (Å²) in [4.78, 5) is 5.81. The monoisotopic (exact) mass is 203 g/mol. The van der Waals surface area contributed by atoms with Crippen LogP contribution in [0.4, 0.5) is 0 Å². The van der Waals surface area contributed by atoms with Crippen LogP contribution in [0.1, 0.15) is 26.3 Å². The fraction of sp³-hybridized carbons (Fsp3) is 0.385. The topological polar surface area (TPSA) is 12.5 Å². The first-order valence-corrected chi connectivity index (χ1v) is 5.28. The van der Waals surface area contributed by atoms with Gasteiger partial charge in [0.1, 0.15) is 0 Å². The summed E-state index contributed by atoms with van der Waals surface area (Å²) in [6, 6.07) is 10.2. The van der Waals surface area contributed by atoms with Crippen molar-refractivity contribution in [3.05, 3.63) is 42.0 Å². The van der Waals surface area contributed by atoms with E-state index in [1.165, 1.54) is 0 Å². The maximum atomic E-state index is 5.81. The van der Waals surface area contributed by atoms with E-state index in [9.17, 15) is 0 Å². The highest BCUT2D eigenvalue weighted by Gasteiger charge is 2.27. The molecule has 0 aromatic heterocycles. The molecule has 2 nitrogen and oxygen atoms in total. The third kappa shape index (κ3) is 2.21. The average molecular weight is 203 g/mol. The van der Waals surface area contributed by atoms with Gasteiger partial charge in [0.25, 0.3) is 0 Å². The Morgan fingerprint density at radius 3 is 2.33 bits per heavy atom. The van der Waals surface area contributed by atoms with Crippen molar-refractivity contribution in [3.8, 4) is 0 Å². The van der Waals surface area contributed by atoms with Gasteiger partial charge in [-0.2, -0.15) is 0 Å². The zero-order valence-corrected chi connectivity index (χ0v) is 9.53. The van der Waals surface area contributed by atoms with E-state index in [1.54, 1.807) is 0 Å². The quantitative estimate of drug-likeness (QED) is 0.695. The van der Waals surface area contributed by atoms with E-state index in [-0.39, 0.29) is 5.54 Å². The van der Waals surface area contributed by atoms with Crippen LogP contribution in [0.3, 0.4) is 0 Å². The third-order valence-electron chi connectivity index (χ3n) is 2.46. The highest BCUT2D eigenvalue weighted by Crippen LogP contribution is 2.27. The number of hydrogen-bond donors (Lipinski definition) is 0. The molecule has 0 bridgehead atoms. The van der Waals surface area contributed by atoms with Gasteiger partial charge < -0.3 is 4.84 Å². The maximum Gasteiger partial charge on any atom is 0.152 e. The van der Waals surface area contributed by atoms with Crippen molar-refractivity contribution >= 4 is 5.76 Å². The molecule has 0 saturated heterocycles. The Morgan fingerprint density at radius 2 is 1.80 bits per heavy atom. The third-order valence-corrected chi connectivity index (χ3v) is 2.46. The van der Waals surface area contributed by atoms with Crippen LogP contribution in [0, 0.1) is 0 Å². The first-order chi connectivity index (χ1) is 7.07. The van der Waals surface area contributed by atoms with E-state index in [0.717, 1.165) is 17.9 Å². The summed E-state index contributed by atoms with van der Waals surface area (Å²) in [5.74, 6) is 0.963. The summed E-state index contributed by atoms with van der Waals surface area (Å²) in [6.07, 6.45) is 2.13. The Kier molecular flexibility index (Phi) is 2.53. The lowest BCUT2D eigenvalue weighted by Crippen LogP contribution is -2.38. The van der Waals surface area contributed by atoms with E-state index in [1.807, 2.05) is 23.3 Å². The lowest BCUT2D eigenvalue weighted by atomic mass is 10.1. The molecule has 0 radical (unpaired) electrons. The standard InChI is InChI=1S/C13H17NO/c1-13(2,3)14-10-9-12(15-14)11-7-5-4-6-8-11/h4-9H,10H2,1-3H3. The van der Waals surface area contributed by atoms with E-state index in [2.05, 4.69) is 39.0 Å². The number of rotatable bonds is 1. The number of nitrogens with zero attached hydrogens (tertiary/aromatic N) is 1. The van der Waals surface area contributed by atoms with Gasteiger partial charge in [0.15, 0.2) is 5.76 Å². The van der Waals surface area contributed by atoms with Crippen LogP contribution >= 0.6 is 0 Å². The summed E-state index contributed by atoms with van der Waals surface area (Å²) in [7, 11) is 0. The lowest BCUT2D eigenvalue weighted by Gasteiger charge is -2.30. The normalized spacial score (nSPS) is 17.4. The van der Waals surface area contributed by atoms with Gasteiger partial charge in [0, 0.05) is 11.1 Å². The molecule has 80 valence electrons. The van der Waals surface area contributed by atoms with Crippen LogP contribution in [0.15, 0.2) is 36.4 Å². The predicted octanol–water partition coefficient (Wildman–Crippen LogP) is 3.07. The van der Waals surface area contributed by atoms with Crippen LogP contribution in [0.2, 0.25) is 0 Å². The van der Waals surface area contributed by atoms with Gasteiger partial charge in [-0.1, -0.05) is 30.3 Å². The Balaban J connectivity index is 2.11. The molecule has 1 heterocycles. The average Bonchev–Trinajstić information content (AvgIpc) is 2.67. The molecule has 0 spiro atoms. The zero-order valence-electron chi connectivity index (χ0n) is 9.53. The zero-order chi connectivity index (χ0) is 10.9. The number of hydrogen-bond acceptors (Lipinski definition) is 2. The summed E-state index contributed by atoms with van der Waals surface area (Å²) in [5.41, 5.74) is 1.19. The molecule has 15 heavy (non-hydrogen) atoms. The number of benzene rings is 1. The van der Waals surface area contributed by atoms with Gasteiger partial charge in [-0.15, -0.1) is 5.06 Å². The fourth-order valence-corrected chi connectivity index (χ4v) is 1.54. The van der Waals surface area contributed by atoms with Gasteiger partial charge in [-0.3, -0.25) is 0 Å². The van der Waals surface area contributed by atoms with Crippen molar-refractivity contribution < 1.29 is 4.84 Å². The second kappa shape index (κ2) is 3.70. The van der Waals surface area contributed by atoms with E-state index >= 15 is 0 Å². The van der Waals surface area contributed by atoms with Crippen molar-refractivity contribution in [3.63, 3.8) is 0 Å². The molecule has 1 aromatic carbocycles. The first kappa shape index (κ1) is 10.2.